The third kappa shape index (κ3) is 5.71. The van der Waals surface area contributed by atoms with E-state index < -0.39 is 17.9 Å². The van der Waals surface area contributed by atoms with Crippen molar-refractivity contribution in [3.8, 4) is 5.75 Å². The number of H-pyrrole nitrogens is 1. The second-order valence-electron chi connectivity index (χ2n) is 6.38. The number of ether oxygens (including phenoxy) is 1. The van der Waals surface area contributed by atoms with Crippen LogP contribution in [0.25, 0.3) is 10.8 Å². The van der Waals surface area contributed by atoms with Crippen molar-refractivity contribution >= 4 is 31.7 Å². The van der Waals surface area contributed by atoms with Crippen molar-refractivity contribution < 1.29 is 23.4 Å². The predicted octanol–water partition coefficient (Wildman–Crippen LogP) is 1.93. The maximum absolute atomic E-state index is 12.9. The summed E-state index contributed by atoms with van der Waals surface area (Å²) in [7, 11) is 1.25. The zero-order chi connectivity index (χ0) is 21.7. The SMILES string of the molecule is O=C(NCC(O)CNc1n[nH]c(=O)c2ccccc12)c1cccc(OC(F)(F)P)c1. The number of aliphatic hydroxyl groups excluding tert-OH is 1. The fraction of sp³-hybridized carbons (Fsp3) is 0.211. The van der Waals surface area contributed by atoms with E-state index in [0.717, 1.165) is 0 Å². The smallest absolute Gasteiger partial charge is 0.408 e. The van der Waals surface area contributed by atoms with Gasteiger partial charge in [-0.15, -0.1) is 0 Å². The number of amides is 1. The second kappa shape index (κ2) is 9.15. The minimum absolute atomic E-state index is 0.0474. The molecule has 1 amide bonds. The average molecular weight is 436 g/mol. The number of carbonyl (C=O) groups is 1. The first-order valence-corrected chi connectivity index (χ1v) is 9.44. The molecule has 30 heavy (non-hydrogen) atoms. The highest BCUT2D eigenvalue weighted by atomic mass is 31.0. The first kappa shape index (κ1) is 21.6. The maximum atomic E-state index is 12.9. The van der Waals surface area contributed by atoms with Crippen molar-refractivity contribution in [1.29, 1.82) is 0 Å². The van der Waals surface area contributed by atoms with Crippen molar-refractivity contribution in [3.05, 3.63) is 64.4 Å². The van der Waals surface area contributed by atoms with Gasteiger partial charge in [0.25, 0.3) is 11.5 Å². The van der Waals surface area contributed by atoms with Crippen molar-refractivity contribution in [3.63, 3.8) is 0 Å². The molecule has 0 spiro atoms. The minimum Gasteiger partial charge on any atom is -0.430 e. The zero-order valence-electron chi connectivity index (χ0n) is 15.6. The topological polar surface area (TPSA) is 116 Å². The molecule has 2 atom stereocenters. The summed E-state index contributed by atoms with van der Waals surface area (Å²) in [5.41, 5.74) is -0.218. The van der Waals surface area contributed by atoms with E-state index in [9.17, 15) is 23.5 Å². The summed E-state index contributed by atoms with van der Waals surface area (Å²) in [6.45, 7) is -0.0518. The van der Waals surface area contributed by atoms with Crippen molar-refractivity contribution in [1.82, 2.24) is 15.5 Å². The van der Waals surface area contributed by atoms with Gasteiger partial charge in [-0.25, -0.2) is 5.10 Å². The van der Waals surface area contributed by atoms with Gasteiger partial charge in [-0.2, -0.15) is 13.9 Å². The number of nitrogens with zero attached hydrogens (tertiary/aromatic N) is 1. The Balaban J connectivity index is 1.56. The third-order valence-corrected chi connectivity index (χ3v) is 4.17. The normalized spacial score (nSPS) is 12.4. The van der Waals surface area contributed by atoms with Gasteiger partial charge in [0.15, 0.2) is 5.82 Å². The lowest BCUT2D eigenvalue weighted by Crippen LogP contribution is -2.36. The molecular weight excluding hydrogens is 417 g/mol. The molecular formula is C19H19F2N4O4P. The Morgan fingerprint density at radius 1 is 1.20 bits per heavy atom. The number of halogens is 2. The first-order valence-electron chi connectivity index (χ1n) is 8.86. The Morgan fingerprint density at radius 3 is 2.67 bits per heavy atom. The summed E-state index contributed by atoms with van der Waals surface area (Å²) >= 11 is 0. The molecule has 11 heteroatoms. The molecule has 0 saturated carbocycles. The molecule has 2 unspecified atom stereocenters. The van der Waals surface area contributed by atoms with Gasteiger partial charge in [0.2, 0.25) is 0 Å². The van der Waals surface area contributed by atoms with Crippen molar-refractivity contribution in [2.75, 3.05) is 18.4 Å². The second-order valence-corrected chi connectivity index (χ2v) is 7.06. The number of nitrogens with one attached hydrogen (secondary N) is 3. The predicted molar refractivity (Wildman–Crippen MR) is 111 cm³/mol. The lowest BCUT2D eigenvalue weighted by molar-refractivity contribution is -0.0892. The quantitative estimate of drug-likeness (QED) is 0.401. The number of rotatable bonds is 8. The summed E-state index contributed by atoms with van der Waals surface area (Å²) in [6, 6.07) is 12.2. The zero-order valence-corrected chi connectivity index (χ0v) is 16.7. The summed E-state index contributed by atoms with van der Waals surface area (Å²) in [5, 5.41) is 22.9. The van der Waals surface area contributed by atoms with E-state index in [2.05, 4.69) is 25.6 Å². The van der Waals surface area contributed by atoms with E-state index in [0.29, 0.717) is 16.6 Å². The van der Waals surface area contributed by atoms with Gasteiger partial charge in [-0.3, -0.25) is 9.59 Å². The van der Waals surface area contributed by atoms with E-state index in [-0.39, 0.29) is 30.0 Å². The highest BCUT2D eigenvalue weighted by molar-refractivity contribution is 7.17. The van der Waals surface area contributed by atoms with Crippen molar-refractivity contribution in [2.24, 2.45) is 0 Å². The molecule has 4 N–H and O–H groups in total. The monoisotopic (exact) mass is 436 g/mol. The fourth-order valence-corrected chi connectivity index (χ4v) is 2.84. The van der Waals surface area contributed by atoms with Gasteiger partial charge >= 0.3 is 5.85 Å². The first-order chi connectivity index (χ1) is 14.2. The van der Waals surface area contributed by atoms with Crippen LogP contribution < -0.4 is 20.9 Å². The van der Waals surface area contributed by atoms with Gasteiger partial charge in [-0.05, 0) is 33.5 Å². The molecule has 0 aliphatic rings. The maximum Gasteiger partial charge on any atom is 0.408 e. The molecule has 158 valence electrons. The number of aliphatic hydroxyl groups is 1. The molecule has 0 radical (unpaired) electrons. The molecule has 0 bridgehead atoms. The molecule has 2 aromatic carbocycles. The number of aromatic amines is 1. The van der Waals surface area contributed by atoms with Crippen LogP contribution in [0, 0.1) is 0 Å². The number of benzene rings is 2. The van der Waals surface area contributed by atoms with Gasteiger partial charge in [0, 0.05) is 24.0 Å². The van der Waals surface area contributed by atoms with E-state index >= 15 is 0 Å². The molecule has 0 aliphatic carbocycles. The number of anilines is 1. The minimum atomic E-state index is -3.45. The highest BCUT2D eigenvalue weighted by Gasteiger charge is 2.23. The lowest BCUT2D eigenvalue weighted by Gasteiger charge is -2.15. The summed E-state index contributed by atoms with van der Waals surface area (Å²) in [5.74, 6) is -3.78. The van der Waals surface area contributed by atoms with Crippen LogP contribution in [0.5, 0.6) is 5.75 Å². The Bertz CT molecular complexity index is 1100. The largest absolute Gasteiger partial charge is 0.430 e. The number of fused-ring (bicyclic) bond motifs is 1. The molecule has 3 aromatic rings. The van der Waals surface area contributed by atoms with E-state index in [4.69, 9.17) is 0 Å². The Morgan fingerprint density at radius 2 is 1.93 bits per heavy atom. The Kier molecular flexibility index (Phi) is 6.59. The molecule has 1 heterocycles. The van der Waals surface area contributed by atoms with E-state index in [1.165, 1.54) is 33.5 Å². The van der Waals surface area contributed by atoms with Crippen LogP contribution in [0.15, 0.2) is 53.3 Å². The highest BCUT2D eigenvalue weighted by Crippen LogP contribution is 2.27. The summed E-state index contributed by atoms with van der Waals surface area (Å²) in [6.07, 6.45) is -0.975. The van der Waals surface area contributed by atoms with Crippen LogP contribution in [-0.4, -0.2) is 46.3 Å². The molecule has 0 aliphatic heterocycles. The van der Waals surface area contributed by atoms with Crippen LogP contribution >= 0.6 is 9.24 Å². The number of alkyl halides is 2. The Labute approximate surface area is 171 Å². The van der Waals surface area contributed by atoms with E-state index in [1.54, 1.807) is 24.3 Å². The third-order valence-electron chi connectivity index (χ3n) is 4.05. The molecule has 1 aromatic heterocycles. The van der Waals surface area contributed by atoms with Crippen LogP contribution in [0.2, 0.25) is 0 Å². The van der Waals surface area contributed by atoms with Crippen LogP contribution in [0.1, 0.15) is 10.4 Å². The number of hydrogen-bond donors (Lipinski definition) is 4. The van der Waals surface area contributed by atoms with Gasteiger partial charge in [-0.1, -0.05) is 24.3 Å². The number of hydrogen-bond acceptors (Lipinski definition) is 6. The molecule has 3 rings (SSSR count). The number of carbonyl (C=O) groups excluding carboxylic acids is 1. The van der Waals surface area contributed by atoms with Crippen molar-refractivity contribution in [2.45, 2.75) is 12.0 Å². The standard InChI is InChI=1S/C19H19F2N4O4P/c20-19(21,30)29-13-5-3-4-11(8-13)17(27)23-10-12(26)9-22-16-14-6-1-2-7-15(14)18(28)25-24-16/h1-8,12,26H,9-10,30H2,(H,22,24)(H,23,27)(H,25,28). The summed E-state index contributed by atoms with van der Waals surface area (Å²) < 4.78 is 30.2. The van der Waals surface area contributed by atoms with E-state index in [1.807, 2.05) is 0 Å². The lowest BCUT2D eigenvalue weighted by atomic mass is 10.2. The fourth-order valence-electron chi connectivity index (χ4n) is 2.71. The van der Waals surface area contributed by atoms with Gasteiger partial charge in [0.05, 0.1) is 11.5 Å². The molecule has 8 nitrogen and oxygen atoms in total. The average Bonchev–Trinajstić information content (AvgIpc) is 2.70. The van der Waals surface area contributed by atoms with Crippen LogP contribution in [-0.2, 0) is 0 Å². The Hall–Kier alpha value is -3.10. The number of aromatic nitrogens is 2. The molecule has 0 saturated heterocycles. The van der Waals surface area contributed by atoms with Gasteiger partial charge < -0.3 is 20.5 Å². The van der Waals surface area contributed by atoms with Gasteiger partial charge in [0.1, 0.15) is 5.75 Å². The van der Waals surface area contributed by atoms with Crippen LogP contribution in [0.4, 0.5) is 14.6 Å². The summed E-state index contributed by atoms with van der Waals surface area (Å²) in [4.78, 5) is 24.0. The molecule has 0 fully saturated rings. The van der Waals surface area contributed by atoms with Crippen LogP contribution in [0.3, 0.4) is 0 Å².